The van der Waals surface area contributed by atoms with Crippen LogP contribution in [0, 0.1) is 24.7 Å². The molecule has 4 aliphatic carbocycles. The molecule has 22 nitrogen and oxygen atoms in total. The minimum absolute atomic E-state index is 0.0946. The van der Waals surface area contributed by atoms with E-state index in [1.165, 1.54) is 31.8 Å². The lowest BCUT2D eigenvalue weighted by Crippen LogP contribution is -2.30. The zero-order chi connectivity index (χ0) is 42.0. The number of nitrogens with two attached hydrogens (primary N) is 4. The molecule has 6 heterocycles. The highest BCUT2D eigenvalue weighted by Crippen LogP contribution is 2.38. The Morgan fingerprint density at radius 3 is 1.75 bits per heavy atom. The van der Waals surface area contributed by atoms with Gasteiger partial charge in [0.25, 0.3) is 0 Å². The van der Waals surface area contributed by atoms with Crippen LogP contribution in [-0.2, 0) is 0 Å². The van der Waals surface area contributed by atoms with E-state index < -0.39 is 18.3 Å². The fraction of sp³-hybridized carbons (Fsp3) is 0.541. The zero-order valence-corrected chi connectivity index (χ0v) is 32.5. The van der Waals surface area contributed by atoms with Gasteiger partial charge in [0.1, 0.15) is 35.3 Å². The summed E-state index contributed by atoms with van der Waals surface area (Å²) >= 11 is 0. The van der Waals surface area contributed by atoms with Crippen LogP contribution in [0.4, 0.5) is 17.6 Å². The molecule has 3 saturated carbocycles. The van der Waals surface area contributed by atoms with Gasteiger partial charge < -0.3 is 67.3 Å². The summed E-state index contributed by atoms with van der Waals surface area (Å²) in [6, 6.07) is 0.272. The van der Waals surface area contributed by atoms with E-state index in [-0.39, 0.29) is 67.5 Å². The van der Waals surface area contributed by atoms with Crippen molar-refractivity contribution in [3.8, 4) is 0 Å². The number of aliphatic hydroxyl groups excluding tert-OH is 6. The molecule has 0 radical (unpaired) electrons. The number of hydrogen-bond acceptors (Lipinski definition) is 19. The summed E-state index contributed by atoms with van der Waals surface area (Å²) in [5, 5.41) is 57.5. The quantitative estimate of drug-likeness (QED) is 0.0932. The number of fused-ring (bicyclic) bond motifs is 3. The van der Waals surface area contributed by atoms with Gasteiger partial charge in [0, 0.05) is 37.7 Å². The van der Waals surface area contributed by atoms with Crippen LogP contribution in [0.2, 0.25) is 0 Å². The molecule has 3 fully saturated rings. The smallest absolute Gasteiger partial charge is 0.222 e. The maximum absolute atomic E-state index is 10.1. The van der Waals surface area contributed by atoms with Crippen LogP contribution < -0.4 is 22.9 Å². The molecule has 4 aliphatic rings. The van der Waals surface area contributed by atoms with Crippen LogP contribution >= 0.6 is 0 Å². The lowest BCUT2D eigenvalue weighted by atomic mass is 10.1. The Kier molecular flexibility index (Phi) is 12.6. The van der Waals surface area contributed by atoms with Crippen molar-refractivity contribution < 1.29 is 30.6 Å². The fourth-order valence-electron chi connectivity index (χ4n) is 7.84. The minimum Gasteiger partial charge on any atom is -0.396 e. The van der Waals surface area contributed by atoms with Crippen molar-refractivity contribution in [1.82, 2.24) is 58.6 Å². The molecule has 9 atom stereocenters. The van der Waals surface area contributed by atoms with Crippen LogP contribution in [0.1, 0.15) is 62.3 Å². The number of aliphatic hydroxyl groups is 6. The number of allylic oxidation sites excluding steroid dienone is 1. The molecule has 0 spiro atoms. The van der Waals surface area contributed by atoms with E-state index in [9.17, 15) is 25.5 Å². The first-order chi connectivity index (χ1) is 28.4. The molecule has 10 rings (SSSR count). The Hall–Kier alpha value is -5.49. The van der Waals surface area contributed by atoms with Crippen LogP contribution in [0.3, 0.4) is 0 Å². The van der Waals surface area contributed by atoms with Gasteiger partial charge in [-0.1, -0.05) is 12.2 Å². The van der Waals surface area contributed by atoms with Crippen molar-refractivity contribution in [2.24, 2.45) is 23.5 Å². The van der Waals surface area contributed by atoms with Gasteiger partial charge in [-0.15, -0.1) is 0 Å². The van der Waals surface area contributed by atoms with Crippen molar-refractivity contribution in [3.63, 3.8) is 0 Å². The van der Waals surface area contributed by atoms with E-state index in [2.05, 4.69) is 50.9 Å². The molecule has 22 heteroatoms. The fourth-order valence-corrected chi connectivity index (χ4v) is 7.84. The Morgan fingerprint density at radius 1 is 0.627 bits per heavy atom. The van der Waals surface area contributed by atoms with Gasteiger partial charge in [0.05, 0.1) is 55.0 Å². The number of nitrogens with zero attached hydrogens (tertiary/aromatic N) is 12. The number of rotatable bonds is 6. The summed E-state index contributed by atoms with van der Waals surface area (Å²) in [4.78, 5) is 37.0. The molecule has 0 aliphatic heterocycles. The first-order valence-corrected chi connectivity index (χ1v) is 19.6. The number of aromatic nitrogens is 12. The summed E-state index contributed by atoms with van der Waals surface area (Å²) in [5.74, 6) is 0.869. The number of hydrogen-bond donors (Lipinski definition) is 10. The van der Waals surface area contributed by atoms with E-state index in [0.717, 1.165) is 23.3 Å². The number of nitrogen functional groups attached to an aromatic ring is 3. The lowest BCUT2D eigenvalue weighted by molar-refractivity contribution is -0.00370. The summed E-state index contributed by atoms with van der Waals surface area (Å²) in [6.07, 6.45) is 14.5. The van der Waals surface area contributed by atoms with Gasteiger partial charge in [0.15, 0.2) is 28.6 Å². The Labute approximate surface area is 337 Å². The summed E-state index contributed by atoms with van der Waals surface area (Å²) in [5.41, 5.74) is 26.8. The highest BCUT2D eigenvalue weighted by Gasteiger charge is 2.42. The Balaban J connectivity index is 0.000000128. The normalized spacial score (nSPS) is 27.4. The van der Waals surface area contributed by atoms with Crippen molar-refractivity contribution in [2.45, 2.75) is 87.9 Å². The first kappa shape index (κ1) is 41.7. The largest absolute Gasteiger partial charge is 0.396 e. The third kappa shape index (κ3) is 8.78. The van der Waals surface area contributed by atoms with Crippen LogP contribution in [0.25, 0.3) is 33.5 Å². The molecule has 0 bridgehead atoms. The molecule has 59 heavy (non-hydrogen) atoms. The van der Waals surface area contributed by atoms with Crippen molar-refractivity contribution in [1.29, 1.82) is 0 Å². The average molecular weight is 817 g/mol. The van der Waals surface area contributed by atoms with Gasteiger partial charge in [-0.3, -0.25) is 0 Å². The Bertz CT molecular complexity index is 2380. The molecule has 14 N–H and O–H groups in total. The standard InChI is InChI=1S/C12H15N5O.C11H15N5O3.C11H15N5O2.C3H7N/c1-7-10-11(16-12(13)15-7)17(6-14-10)9-3-2-8(4-9)5-18;12-10-7-11(14-3-13-10)16(4-15-7)6-1-5(2-17)8(18)9(6)19;12-10-9-11(14-4-13-10)16(5-15-9)7-1-6(3-17)2-8(7)18;4-3-1-2-3/h2-3,6,8-9,18H,4-5H2,1H3,(H2,13,15,16);3-6,8-9,17-19H,1-2H2,(H2,12,13,14);4-8,17-18H,1-3H2,(H2,12,13,14);3H,1-2,4H2. The maximum Gasteiger partial charge on any atom is 0.222 e. The average Bonchev–Trinajstić information content (AvgIpc) is 3.87. The lowest BCUT2D eigenvalue weighted by Gasteiger charge is -2.18. The van der Waals surface area contributed by atoms with E-state index in [1.54, 1.807) is 17.2 Å². The van der Waals surface area contributed by atoms with Crippen molar-refractivity contribution in [3.05, 3.63) is 49.5 Å². The predicted molar refractivity (Wildman–Crippen MR) is 216 cm³/mol. The van der Waals surface area contributed by atoms with E-state index in [1.807, 2.05) is 22.1 Å². The number of aryl methyl sites for hydroxylation is 1. The van der Waals surface area contributed by atoms with Crippen molar-refractivity contribution >= 4 is 51.1 Å². The molecule has 316 valence electrons. The molecule has 6 aromatic rings. The number of anilines is 3. The predicted octanol–water partition coefficient (Wildman–Crippen LogP) is -0.670. The maximum atomic E-state index is 10.1. The molecular weight excluding hydrogens is 765 g/mol. The molecule has 6 aromatic heterocycles. The Morgan fingerprint density at radius 2 is 1.22 bits per heavy atom. The van der Waals surface area contributed by atoms with E-state index in [4.69, 9.17) is 28.0 Å². The van der Waals surface area contributed by atoms with Gasteiger partial charge >= 0.3 is 0 Å². The molecular formula is C37H52N16O6. The molecule has 0 saturated heterocycles. The zero-order valence-electron chi connectivity index (χ0n) is 32.5. The van der Waals surface area contributed by atoms with Gasteiger partial charge in [0.2, 0.25) is 5.95 Å². The summed E-state index contributed by atoms with van der Waals surface area (Å²) in [6.45, 7) is 1.98. The third-order valence-electron chi connectivity index (χ3n) is 11.3. The van der Waals surface area contributed by atoms with Crippen LogP contribution in [-0.4, -0.2) is 133 Å². The summed E-state index contributed by atoms with van der Waals surface area (Å²) in [7, 11) is 0. The van der Waals surface area contributed by atoms with Gasteiger partial charge in [-0.25, -0.2) is 39.9 Å². The second-order valence-electron chi connectivity index (χ2n) is 15.5. The second kappa shape index (κ2) is 17.8. The minimum atomic E-state index is -0.967. The SMILES string of the molecule is Cc1nc(N)nc2c1ncn2C1C=CC(CO)C1.NC1CC1.Nc1ncnc2c1ncn2C1CC(CO)C(O)C1O.Nc1ncnc2c1ncn2C1CC(CO)CC1O. The van der Waals surface area contributed by atoms with Crippen LogP contribution in [0.5, 0.6) is 0 Å². The monoisotopic (exact) mass is 816 g/mol. The van der Waals surface area contributed by atoms with Gasteiger partial charge in [-0.2, -0.15) is 4.98 Å². The van der Waals surface area contributed by atoms with E-state index in [0.29, 0.717) is 53.4 Å². The van der Waals surface area contributed by atoms with Crippen molar-refractivity contribution in [2.75, 3.05) is 37.0 Å². The molecule has 0 amide bonds. The second-order valence-corrected chi connectivity index (χ2v) is 15.5. The first-order valence-electron chi connectivity index (χ1n) is 19.6. The molecule has 0 aromatic carbocycles. The highest BCUT2D eigenvalue weighted by atomic mass is 16.3. The topological polar surface area (TPSA) is 356 Å². The van der Waals surface area contributed by atoms with Crippen LogP contribution in [0.15, 0.2) is 43.8 Å². The van der Waals surface area contributed by atoms with E-state index >= 15 is 0 Å². The number of imidazole rings is 3. The van der Waals surface area contributed by atoms with Gasteiger partial charge in [-0.05, 0) is 51.4 Å². The summed E-state index contributed by atoms with van der Waals surface area (Å²) < 4.78 is 5.50. The highest BCUT2D eigenvalue weighted by molar-refractivity contribution is 5.82. The third-order valence-corrected chi connectivity index (χ3v) is 11.3. The molecule has 9 unspecified atom stereocenters.